The van der Waals surface area contributed by atoms with Crippen molar-refractivity contribution in [1.82, 2.24) is 4.90 Å². The standard InChI is InChI=1S/C25H19ClFNO3S/c1-16-4-2-5-18(12-16)15-31-19-10-8-17(9-11-19)13-23-24(29)28(25(30)32-23)14-20-21(26)6-3-7-22(20)27/h2-13H,14-15H2,1H3/b23-13-. The van der Waals surface area contributed by atoms with Crippen molar-refractivity contribution >= 4 is 40.6 Å². The van der Waals surface area contributed by atoms with E-state index >= 15 is 0 Å². The van der Waals surface area contributed by atoms with Crippen molar-refractivity contribution in [3.8, 4) is 5.75 Å². The lowest BCUT2D eigenvalue weighted by molar-refractivity contribution is -0.123. The van der Waals surface area contributed by atoms with Gasteiger partial charge in [-0.25, -0.2) is 4.39 Å². The van der Waals surface area contributed by atoms with Crippen LogP contribution in [0.15, 0.2) is 71.6 Å². The molecule has 0 N–H and O–H groups in total. The van der Waals surface area contributed by atoms with Gasteiger partial charge in [0, 0.05) is 10.6 Å². The van der Waals surface area contributed by atoms with Gasteiger partial charge in [0.05, 0.1) is 11.4 Å². The number of imide groups is 1. The highest BCUT2D eigenvalue weighted by Gasteiger charge is 2.35. The lowest BCUT2D eigenvalue weighted by Gasteiger charge is -2.14. The minimum Gasteiger partial charge on any atom is -0.489 e. The second-order valence-corrected chi connectivity index (χ2v) is 8.72. The van der Waals surface area contributed by atoms with Gasteiger partial charge in [-0.3, -0.25) is 14.5 Å². The van der Waals surface area contributed by atoms with Crippen LogP contribution < -0.4 is 4.74 Å². The van der Waals surface area contributed by atoms with Crippen molar-refractivity contribution in [2.75, 3.05) is 0 Å². The molecule has 0 aliphatic carbocycles. The van der Waals surface area contributed by atoms with Crippen molar-refractivity contribution in [2.24, 2.45) is 0 Å². The summed E-state index contributed by atoms with van der Waals surface area (Å²) in [6.45, 7) is 2.28. The highest BCUT2D eigenvalue weighted by molar-refractivity contribution is 8.18. The molecule has 0 bridgehead atoms. The maximum Gasteiger partial charge on any atom is 0.293 e. The number of halogens is 2. The summed E-state index contributed by atoms with van der Waals surface area (Å²) in [7, 11) is 0. The quantitative estimate of drug-likeness (QED) is 0.383. The van der Waals surface area contributed by atoms with Crippen molar-refractivity contribution < 1.29 is 18.7 Å². The first-order chi connectivity index (χ1) is 15.4. The van der Waals surface area contributed by atoms with Gasteiger partial charge in [0.2, 0.25) is 0 Å². The Bertz CT molecular complexity index is 1190. The molecule has 0 radical (unpaired) electrons. The van der Waals surface area contributed by atoms with E-state index in [0.29, 0.717) is 12.4 Å². The summed E-state index contributed by atoms with van der Waals surface area (Å²) in [6, 6.07) is 19.6. The predicted octanol–water partition coefficient (Wildman–Crippen LogP) is 6.60. The normalized spacial score (nSPS) is 15.0. The Balaban J connectivity index is 1.43. The zero-order valence-corrected chi connectivity index (χ0v) is 18.8. The van der Waals surface area contributed by atoms with E-state index in [1.807, 2.05) is 49.4 Å². The van der Waals surface area contributed by atoms with Crippen LogP contribution in [0.3, 0.4) is 0 Å². The molecule has 1 aliphatic rings. The molecule has 4 rings (SSSR count). The first-order valence-corrected chi connectivity index (χ1v) is 11.1. The molecule has 2 amide bonds. The number of amides is 2. The van der Waals surface area contributed by atoms with Crippen LogP contribution >= 0.6 is 23.4 Å². The molecule has 3 aromatic carbocycles. The van der Waals surface area contributed by atoms with Gasteiger partial charge in [0.15, 0.2) is 0 Å². The number of thioether (sulfide) groups is 1. The predicted molar refractivity (Wildman–Crippen MR) is 125 cm³/mol. The van der Waals surface area contributed by atoms with E-state index in [1.165, 1.54) is 23.8 Å². The monoisotopic (exact) mass is 467 g/mol. The van der Waals surface area contributed by atoms with Crippen LogP contribution in [0.1, 0.15) is 22.3 Å². The van der Waals surface area contributed by atoms with Crippen molar-refractivity contribution in [3.05, 3.63) is 105 Å². The number of carbonyl (C=O) groups is 2. The molecule has 1 heterocycles. The van der Waals surface area contributed by atoms with E-state index in [9.17, 15) is 14.0 Å². The van der Waals surface area contributed by atoms with E-state index in [0.717, 1.165) is 27.8 Å². The molecule has 7 heteroatoms. The topological polar surface area (TPSA) is 46.6 Å². The minimum absolute atomic E-state index is 0.118. The maximum absolute atomic E-state index is 14.1. The van der Waals surface area contributed by atoms with Crippen LogP contribution in [0.5, 0.6) is 5.75 Å². The van der Waals surface area contributed by atoms with Gasteiger partial charge in [0.25, 0.3) is 11.1 Å². The molecule has 32 heavy (non-hydrogen) atoms. The summed E-state index contributed by atoms with van der Waals surface area (Å²) in [5, 5.41) is -0.284. The summed E-state index contributed by atoms with van der Waals surface area (Å²) in [5.74, 6) is -0.327. The third-order valence-corrected chi connectivity index (χ3v) is 6.18. The number of aryl methyl sites for hydroxylation is 1. The van der Waals surface area contributed by atoms with Crippen LogP contribution in [0, 0.1) is 12.7 Å². The molecular formula is C25H19ClFNO3S. The molecule has 1 saturated heterocycles. The summed E-state index contributed by atoms with van der Waals surface area (Å²) in [6.07, 6.45) is 1.64. The first-order valence-electron chi connectivity index (χ1n) is 9.87. The fourth-order valence-corrected chi connectivity index (χ4v) is 4.32. The van der Waals surface area contributed by atoms with Gasteiger partial charge in [-0.05, 0) is 60.2 Å². The Kier molecular flexibility index (Phi) is 6.63. The SMILES string of the molecule is Cc1cccc(COc2ccc(/C=C3\SC(=O)N(Cc4c(F)cccc4Cl)C3=O)cc2)c1. The van der Waals surface area contributed by atoms with Crippen LogP contribution in [-0.4, -0.2) is 16.0 Å². The van der Waals surface area contributed by atoms with E-state index < -0.39 is 17.0 Å². The van der Waals surface area contributed by atoms with Crippen molar-refractivity contribution in [3.63, 3.8) is 0 Å². The zero-order valence-electron chi connectivity index (χ0n) is 17.2. The molecule has 0 atom stereocenters. The van der Waals surface area contributed by atoms with Crippen LogP contribution in [0.25, 0.3) is 6.08 Å². The second kappa shape index (κ2) is 9.59. The first kappa shape index (κ1) is 22.1. The van der Waals surface area contributed by atoms with E-state index in [2.05, 4.69) is 6.07 Å². The van der Waals surface area contributed by atoms with Gasteiger partial charge in [0.1, 0.15) is 18.2 Å². The second-order valence-electron chi connectivity index (χ2n) is 7.31. The smallest absolute Gasteiger partial charge is 0.293 e. The highest BCUT2D eigenvalue weighted by atomic mass is 35.5. The zero-order chi connectivity index (χ0) is 22.7. The average Bonchev–Trinajstić information content (AvgIpc) is 3.03. The molecule has 0 unspecified atom stereocenters. The lowest BCUT2D eigenvalue weighted by atomic mass is 10.1. The molecule has 0 spiro atoms. The van der Waals surface area contributed by atoms with Crippen LogP contribution in [0.2, 0.25) is 5.02 Å². The Labute approximate surface area is 194 Å². The van der Waals surface area contributed by atoms with Crippen molar-refractivity contribution in [1.29, 1.82) is 0 Å². The van der Waals surface area contributed by atoms with Crippen LogP contribution in [0.4, 0.5) is 9.18 Å². The van der Waals surface area contributed by atoms with Gasteiger partial charge >= 0.3 is 0 Å². The van der Waals surface area contributed by atoms with Gasteiger partial charge in [-0.1, -0.05) is 59.6 Å². The molecule has 3 aromatic rings. The summed E-state index contributed by atoms with van der Waals surface area (Å²) in [4.78, 5) is 26.4. The molecule has 1 fully saturated rings. The largest absolute Gasteiger partial charge is 0.489 e. The Morgan fingerprint density at radius 3 is 2.53 bits per heavy atom. The van der Waals surface area contributed by atoms with Gasteiger partial charge < -0.3 is 4.74 Å². The number of ether oxygens (including phenoxy) is 1. The van der Waals surface area contributed by atoms with E-state index in [-0.39, 0.29) is 22.0 Å². The molecular weight excluding hydrogens is 449 g/mol. The number of benzene rings is 3. The van der Waals surface area contributed by atoms with Crippen LogP contribution in [-0.2, 0) is 17.9 Å². The molecule has 0 aromatic heterocycles. The lowest BCUT2D eigenvalue weighted by Crippen LogP contribution is -2.28. The summed E-state index contributed by atoms with van der Waals surface area (Å²) < 4.78 is 19.9. The molecule has 0 saturated carbocycles. The Hall–Kier alpha value is -3.09. The number of nitrogens with zero attached hydrogens (tertiary/aromatic N) is 1. The maximum atomic E-state index is 14.1. The Morgan fingerprint density at radius 1 is 1.06 bits per heavy atom. The van der Waals surface area contributed by atoms with E-state index in [1.54, 1.807) is 6.08 Å². The average molecular weight is 468 g/mol. The number of carbonyl (C=O) groups excluding carboxylic acids is 2. The molecule has 1 aliphatic heterocycles. The fraction of sp³-hybridized carbons (Fsp3) is 0.120. The third-order valence-electron chi connectivity index (χ3n) is 4.92. The number of hydrogen-bond acceptors (Lipinski definition) is 4. The highest BCUT2D eigenvalue weighted by Crippen LogP contribution is 2.34. The summed E-state index contributed by atoms with van der Waals surface area (Å²) >= 11 is 6.86. The van der Waals surface area contributed by atoms with Crippen molar-refractivity contribution in [2.45, 2.75) is 20.1 Å². The summed E-state index contributed by atoms with van der Waals surface area (Å²) in [5.41, 5.74) is 3.13. The molecule has 162 valence electrons. The Morgan fingerprint density at radius 2 is 1.81 bits per heavy atom. The van der Waals surface area contributed by atoms with Gasteiger partial charge in [-0.15, -0.1) is 0 Å². The minimum atomic E-state index is -0.554. The fourth-order valence-electron chi connectivity index (χ4n) is 3.26. The number of hydrogen-bond donors (Lipinski definition) is 0. The number of rotatable bonds is 6. The van der Waals surface area contributed by atoms with E-state index in [4.69, 9.17) is 16.3 Å². The molecule has 4 nitrogen and oxygen atoms in total. The van der Waals surface area contributed by atoms with Gasteiger partial charge in [-0.2, -0.15) is 0 Å². The third kappa shape index (κ3) is 5.03.